The van der Waals surface area contributed by atoms with Crippen molar-refractivity contribution in [2.75, 3.05) is 5.32 Å². The average Bonchev–Trinajstić information content (AvgIpc) is 2.83. The lowest BCUT2D eigenvalue weighted by molar-refractivity contribution is 0.102. The number of amides is 1. The van der Waals surface area contributed by atoms with Crippen LogP contribution in [0, 0.1) is 6.92 Å². The fourth-order valence-electron chi connectivity index (χ4n) is 1.85. The fourth-order valence-corrected chi connectivity index (χ4v) is 2.71. The monoisotopic (exact) mass is 284 g/mol. The number of anilines is 1. The fraction of sp³-hybridized carbons (Fsp3) is 0.0667. The zero-order valence-corrected chi connectivity index (χ0v) is 11.6. The summed E-state index contributed by atoms with van der Waals surface area (Å²) >= 11 is 1.42. The zero-order chi connectivity index (χ0) is 14.1. The summed E-state index contributed by atoms with van der Waals surface area (Å²) in [7, 11) is 0. The van der Waals surface area contributed by atoms with Crippen LogP contribution in [0.3, 0.4) is 0 Å². The molecule has 0 bridgehead atoms. The second-order valence-corrected chi connectivity index (χ2v) is 5.47. The van der Waals surface area contributed by atoms with Gasteiger partial charge >= 0.3 is 0 Å². The summed E-state index contributed by atoms with van der Waals surface area (Å²) < 4.78 is 1.02. The predicted octanol–water partition coefficient (Wildman–Crippen LogP) is 3.56. The van der Waals surface area contributed by atoms with E-state index in [1.165, 1.54) is 17.4 Å². The Kier molecular flexibility index (Phi) is 3.12. The summed E-state index contributed by atoms with van der Waals surface area (Å²) in [6.07, 6.45) is 0. The van der Waals surface area contributed by atoms with Crippen LogP contribution in [0.4, 0.5) is 5.13 Å². The molecule has 0 saturated carbocycles. The number of thiazole rings is 1. The third kappa shape index (κ3) is 2.35. The van der Waals surface area contributed by atoms with Gasteiger partial charge in [0, 0.05) is 5.56 Å². The largest absolute Gasteiger partial charge is 0.508 e. The van der Waals surface area contributed by atoms with Crippen LogP contribution in [0.5, 0.6) is 5.75 Å². The van der Waals surface area contributed by atoms with Crippen LogP contribution in [0.25, 0.3) is 10.2 Å². The smallest absolute Gasteiger partial charge is 0.257 e. The molecule has 2 aromatic carbocycles. The van der Waals surface area contributed by atoms with Crippen LogP contribution in [0.15, 0.2) is 42.5 Å². The highest BCUT2D eigenvalue weighted by Crippen LogP contribution is 2.26. The normalized spacial score (nSPS) is 10.7. The van der Waals surface area contributed by atoms with Gasteiger partial charge in [0.15, 0.2) is 5.13 Å². The van der Waals surface area contributed by atoms with Crippen LogP contribution in [-0.2, 0) is 0 Å². The van der Waals surface area contributed by atoms with Gasteiger partial charge in [-0.2, -0.15) is 0 Å². The van der Waals surface area contributed by atoms with Gasteiger partial charge in [0.2, 0.25) is 0 Å². The molecular formula is C15H12N2O2S. The van der Waals surface area contributed by atoms with Gasteiger partial charge in [-0.3, -0.25) is 10.1 Å². The maximum absolute atomic E-state index is 12.1. The minimum absolute atomic E-state index is 0.113. The summed E-state index contributed by atoms with van der Waals surface area (Å²) in [6.45, 7) is 1.78. The van der Waals surface area contributed by atoms with Gasteiger partial charge < -0.3 is 5.11 Å². The van der Waals surface area contributed by atoms with Gasteiger partial charge in [-0.05, 0) is 36.8 Å². The highest BCUT2D eigenvalue weighted by molar-refractivity contribution is 7.22. The Hall–Kier alpha value is -2.40. The number of rotatable bonds is 2. The Morgan fingerprint density at radius 3 is 2.80 bits per heavy atom. The first-order chi connectivity index (χ1) is 9.63. The van der Waals surface area contributed by atoms with Crippen LogP contribution in [0.2, 0.25) is 0 Å². The number of hydrogen-bond donors (Lipinski definition) is 2. The van der Waals surface area contributed by atoms with E-state index in [9.17, 15) is 9.90 Å². The van der Waals surface area contributed by atoms with Gasteiger partial charge in [0.05, 0.1) is 10.2 Å². The average molecular weight is 284 g/mol. The van der Waals surface area contributed by atoms with Crippen molar-refractivity contribution in [3.05, 3.63) is 53.6 Å². The number of aryl methyl sites for hydroxylation is 1. The molecule has 1 heterocycles. The van der Waals surface area contributed by atoms with Gasteiger partial charge in [0.25, 0.3) is 5.91 Å². The van der Waals surface area contributed by atoms with E-state index in [1.807, 2.05) is 24.3 Å². The number of fused-ring (bicyclic) bond motifs is 1. The maximum Gasteiger partial charge on any atom is 0.257 e. The van der Waals surface area contributed by atoms with Crippen molar-refractivity contribution in [3.8, 4) is 5.75 Å². The van der Waals surface area contributed by atoms with Gasteiger partial charge in [-0.1, -0.05) is 29.5 Å². The summed E-state index contributed by atoms with van der Waals surface area (Å²) in [5.74, 6) is -0.165. The zero-order valence-electron chi connectivity index (χ0n) is 10.8. The molecule has 100 valence electrons. The molecule has 20 heavy (non-hydrogen) atoms. The topological polar surface area (TPSA) is 62.2 Å². The van der Waals surface area contributed by atoms with Crippen LogP contribution < -0.4 is 5.32 Å². The second-order valence-electron chi connectivity index (χ2n) is 4.44. The Balaban J connectivity index is 1.86. The van der Waals surface area contributed by atoms with E-state index in [4.69, 9.17) is 0 Å². The number of hydrogen-bond acceptors (Lipinski definition) is 4. The molecule has 0 fully saturated rings. The van der Waals surface area contributed by atoms with E-state index >= 15 is 0 Å². The van der Waals surface area contributed by atoms with Gasteiger partial charge in [0.1, 0.15) is 5.75 Å². The Labute approximate surface area is 119 Å². The number of carbonyl (C=O) groups excluding carboxylic acids is 1. The van der Waals surface area contributed by atoms with Crippen molar-refractivity contribution < 1.29 is 9.90 Å². The first kappa shape index (κ1) is 12.6. The Morgan fingerprint density at radius 2 is 2.05 bits per heavy atom. The molecule has 4 nitrogen and oxygen atoms in total. The molecule has 1 aromatic heterocycles. The summed E-state index contributed by atoms with van der Waals surface area (Å²) in [4.78, 5) is 16.4. The molecule has 0 spiro atoms. The second kappa shape index (κ2) is 4.94. The highest BCUT2D eigenvalue weighted by atomic mass is 32.1. The summed E-state index contributed by atoms with van der Waals surface area (Å²) in [5.41, 5.74) is 2.01. The number of benzene rings is 2. The van der Waals surface area contributed by atoms with E-state index in [0.29, 0.717) is 10.7 Å². The highest BCUT2D eigenvalue weighted by Gasteiger charge is 2.11. The lowest BCUT2D eigenvalue weighted by atomic mass is 10.1. The molecule has 0 saturated heterocycles. The SMILES string of the molecule is Cc1ccc(C(=O)Nc2nc3ccccc3s2)cc1O. The number of para-hydroxylation sites is 1. The minimum atomic E-state index is -0.278. The Bertz CT molecular complexity index is 762. The van der Waals surface area contributed by atoms with Crippen molar-refractivity contribution >= 4 is 32.6 Å². The molecule has 1 amide bonds. The number of phenolic OH excluding ortho intramolecular Hbond substituents is 1. The van der Waals surface area contributed by atoms with E-state index in [2.05, 4.69) is 10.3 Å². The molecule has 5 heteroatoms. The van der Waals surface area contributed by atoms with Crippen molar-refractivity contribution in [3.63, 3.8) is 0 Å². The quantitative estimate of drug-likeness (QED) is 0.756. The minimum Gasteiger partial charge on any atom is -0.508 e. The molecule has 0 aliphatic rings. The first-order valence-corrected chi connectivity index (χ1v) is 6.92. The Morgan fingerprint density at radius 1 is 1.25 bits per heavy atom. The molecule has 0 aliphatic heterocycles. The summed E-state index contributed by atoms with van der Waals surface area (Å²) in [6, 6.07) is 12.5. The van der Waals surface area contributed by atoms with Gasteiger partial charge in [-0.15, -0.1) is 0 Å². The number of nitrogens with one attached hydrogen (secondary N) is 1. The summed E-state index contributed by atoms with van der Waals surface area (Å²) in [5, 5.41) is 12.9. The third-order valence-electron chi connectivity index (χ3n) is 2.99. The van der Waals surface area contributed by atoms with Crippen LogP contribution in [-0.4, -0.2) is 16.0 Å². The molecular weight excluding hydrogens is 272 g/mol. The van der Waals surface area contributed by atoms with E-state index in [0.717, 1.165) is 15.8 Å². The molecule has 3 rings (SSSR count). The number of phenols is 1. The molecule has 2 N–H and O–H groups in total. The molecule has 3 aromatic rings. The lowest BCUT2D eigenvalue weighted by Crippen LogP contribution is -2.11. The maximum atomic E-state index is 12.1. The van der Waals surface area contributed by atoms with Crippen molar-refractivity contribution in [2.24, 2.45) is 0 Å². The molecule has 0 aliphatic carbocycles. The van der Waals surface area contributed by atoms with E-state index in [-0.39, 0.29) is 11.7 Å². The van der Waals surface area contributed by atoms with E-state index < -0.39 is 0 Å². The first-order valence-electron chi connectivity index (χ1n) is 6.10. The van der Waals surface area contributed by atoms with Crippen molar-refractivity contribution in [2.45, 2.75) is 6.92 Å². The predicted molar refractivity (Wildman–Crippen MR) is 80.4 cm³/mol. The number of carbonyl (C=O) groups is 1. The number of nitrogens with zero attached hydrogens (tertiary/aromatic N) is 1. The van der Waals surface area contributed by atoms with Crippen molar-refractivity contribution in [1.29, 1.82) is 0 Å². The third-order valence-corrected chi connectivity index (χ3v) is 3.94. The van der Waals surface area contributed by atoms with Crippen molar-refractivity contribution in [1.82, 2.24) is 4.98 Å². The lowest BCUT2D eigenvalue weighted by Gasteiger charge is -2.03. The number of aromatic hydroxyl groups is 1. The molecule has 0 unspecified atom stereocenters. The molecule has 0 atom stereocenters. The number of aromatic nitrogens is 1. The molecule has 0 radical (unpaired) electrons. The standard InChI is InChI=1S/C15H12N2O2S/c1-9-6-7-10(8-12(9)18)14(19)17-15-16-11-4-2-3-5-13(11)20-15/h2-8,18H,1H3,(H,16,17,19). The van der Waals surface area contributed by atoms with E-state index in [1.54, 1.807) is 19.1 Å². The van der Waals surface area contributed by atoms with Crippen LogP contribution >= 0.6 is 11.3 Å². The van der Waals surface area contributed by atoms with Gasteiger partial charge in [-0.25, -0.2) is 4.98 Å². The van der Waals surface area contributed by atoms with Crippen LogP contribution in [0.1, 0.15) is 15.9 Å².